The second-order valence-electron chi connectivity index (χ2n) is 3.99. The lowest BCUT2D eigenvalue weighted by atomic mass is 10.3. The van der Waals surface area contributed by atoms with Gasteiger partial charge in [0.25, 0.3) is 0 Å². The summed E-state index contributed by atoms with van der Waals surface area (Å²) in [5.74, 6) is 1.01. The molecule has 0 atom stereocenters. The maximum absolute atomic E-state index is 5.52. The van der Waals surface area contributed by atoms with Crippen LogP contribution < -0.4 is 4.74 Å². The summed E-state index contributed by atoms with van der Waals surface area (Å²) in [6, 6.07) is 11.6. The monoisotopic (exact) mass is 331 g/mol. The summed E-state index contributed by atoms with van der Waals surface area (Å²) in [4.78, 5) is 12.4. The van der Waals surface area contributed by atoms with Crippen molar-refractivity contribution in [3.8, 4) is 17.6 Å². The van der Waals surface area contributed by atoms with Gasteiger partial charge in [-0.2, -0.15) is 9.97 Å². The first-order chi connectivity index (χ1) is 9.70. The molecule has 2 aromatic heterocycles. The Morgan fingerprint density at radius 1 is 1.15 bits per heavy atom. The molecule has 0 saturated carbocycles. The molecular formula is C13H10BrN5O. The fourth-order valence-electron chi connectivity index (χ4n) is 1.65. The van der Waals surface area contributed by atoms with Crippen molar-refractivity contribution < 1.29 is 4.74 Å². The highest BCUT2D eigenvalue weighted by atomic mass is 79.9. The molecule has 0 radical (unpaired) electrons. The molecule has 0 bridgehead atoms. The first-order valence-electron chi connectivity index (χ1n) is 5.87. The third-order valence-electron chi connectivity index (χ3n) is 2.47. The van der Waals surface area contributed by atoms with E-state index in [0.29, 0.717) is 16.3 Å². The van der Waals surface area contributed by atoms with Crippen LogP contribution in [0.3, 0.4) is 0 Å². The normalized spacial score (nSPS) is 10.5. The van der Waals surface area contributed by atoms with Crippen LogP contribution in [0.1, 0.15) is 5.82 Å². The average molecular weight is 332 g/mol. The quantitative estimate of drug-likeness (QED) is 0.690. The van der Waals surface area contributed by atoms with Crippen molar-refractivity contribution in [3.05, 3.63) is 53.2 Å². The first-order valence-corrected chi connectivity index (χ1v) is 6.66. The molecule has 7 heteroatoms. The van der Waals surface area contributed by atoms with Gasteiger partial charge in [0, 0.05) is 6.07 Å². The van der Waals surface area contributed by atoms with E-state index in [1.165, 1.54) is 0 Å². The molecule has 0 aliphatic heterocycles. The minimum Gasteiger partial charge on any atom is -0.404 e. The number of rotatable bonds is 3. The first kappa shape index (κ1) is 12.7. The Balaban J connectivity index is 1.84. The molecule has 0 N–H and O–H groups in total. The van der Waals surface area contributed by atoms with Crippen LogP contribution in [0, 0.1) is 6.92 Å². The van der Waals surface area contributed by atoms with Crippen molar-refractivity contribution in [2.75, 3.05) is 0 Å². The third-order valence-corrected chi connectivity index (χ3v) is 2.88. The summed E-state index contributed by atoms with van der Waals surface area (Å²) in [6.45, 7) is 1.79. The summed E-state index contributed by atoms with van der Waals surface area (Å²) in [6.07, 6.45) is 1.59. The van der Waals surface area contributed by atoms with Crippen molar-refractivity contribution in [3.63, 3.8) is 0 Å². The number of halogens is 1. The van der Waals surface area contributed by atoms with Gasteiger partial charge in [0.1, 0.15) is 16.8 Å². The van der Waals surface area contributed by atoms with E-state index >= 15 is 0 Å². The lowest BCUT2D eigenvalue weighted by molar-refractivity contribution is 0.422. The minimum absolute atomic E-state index is 0.235. The van der Waals surface area contributed by atoms with Gasteiger partial charge in [-0.15, -0.1) is 5.10 Å². The standard InChI is InChI=1S/C13H10BrN5O/c1-9-16-11(14)7-12(17-9)20-13-15-8-19(18-13)10-5-3-2-4-6-10/h2-8H,1H3. The highest BCUT2D eigenvalue weighted by Crippen LogP contribution is 2.19. The lowest BCUT2D eigenvalue weighted by Gasteiger charge is -2.01. The Labute approximate surface area is 123 Å². The molecule has 100 valence electrons. The molecule has 3 aromatic rings. The maximum Gasteiger partial charge on any atom is 0.342 e. The molecule has 20 heavy (non-hydrogen) atoms. The number of nitrogens with zero attached hydrogens (tertiary/aromatic N) is 5. The van der Waals surface area contributed by atoms with Gasteiger partial charge >= 0.3 is 6.01 Å². The predicted octanol–water partition coefficient (Wildman–Crippen LogP) is 2.92. The van der Waals surface area contributed by atoms with Gasteiger partial charge in [0.05, 0.1) is 5.69 Å². The van der Waals surface area contributed by atoms with Crippen molar-refractivity contribution in [1.82, 2.24) is 24.7 Å². The number of aromatic nitrogens is 5. The van der Waals surface area contributed by atoms with Crippen LogP contribution in [-0.4, -0.2) is 24.7 Å². The SMILES string of the molecule is Cc1nc(Br)cc(Oc2ncn(-c3ccccc3)n2)n1. The molecule has 0 unspecified atom stereocenters. The molecule has 3 rings (SSSR count). The van der Waals surface area contributed by atoms with Gasteiger partial charge in [-0.1, -0.05) is 18.2 Å². The average Bonchev–Trinajstić information content (AvgIpc) is 2.87. The molecule has 0 aliphatic carbocycles. The molecule has 0 amide bonds. The topological polar surface area (TPSA) is 65.7 Å². The number of hydrogen-bond acceptors (Lipinski definition) is 5. The third kappa shape index (κ3) is 2.83. The van der Waals surface area contributed by atoms with Crippen LogP contribution >= 0.6 is 15.9 Å². The summed E-state index contributed by atoms with van der Waals surface area (Å²) in [5, 5.41) is 4.24. The van der Waals surface area contributed by atoms with Crippen LogP contribution in [0.25, 0.3) is 5.69 Å². The molecule has 0 spiro atoms. The largest absolute Gasteiger partial charge is 0.404 e. The van der Waals surface area contributed by atoms with Gasteiger partial charge in [-0.05, 0) is 35.0 Å². The highest BCUT2D eigenvalue weighted by molar-refractivity contribution is 9.10. The summed E-state index contributed by atoms with van der Waals surface area (Å²) in [5.41, 5.74) is 0.912. The van der Waals surface area contributed by atoms with Crippen LogP contribution in [0.15, 0.2) is 47.3 Å². The Morgan fingerprint density at radius 3 is 2.70 bits per heavy atom. The van der Waals surface area contributed by atoms with Crippen molar-refractivity contribution in [1.29, 1.82) is 0 Å². The van der Waals surface area contributed by atoms with Crippen molar-refractivity contribution in [2.24, 2.45) is 0 Å². The van der Waals surface area contributed by atoms with Crippen molar-refractivity contribution in [2.45, 2.75) is 6.92 Å². The van der Waals surface area contributed by atoms with E-state index in [4.69, 9.17) is 4.74 Å². The van der Waals surface area contributed by atoms with Gasteiger partial charge in [0.2, 0.25) is 5.88 Å². The zero-order valence-corrected chi connectivity index (χ0v) is 12.1. The van der Waals surface area contributed by atoms with Crippen LogP contribution in [0.2, 0.25) is 0 Å². The van der Waals surface area contributed by atoms with Crippen LogP contribution in [0.4, 0.5) is 0 Å². The van der Waals surface area contributed by atoms with Gasteiger partial charge in [-0.25, -0.2) is 9.67 Å². The molecule has 0 aliphatic rings. The van der Waals surface area contributed by atoms with Gasteiger partial charge < -0.3 is 4.74 Å². The Hall–Kier alpha value is -2.28. The van der Waals surface area contributed by atoms with Crippen molar-refractivity contribution >= 4 is 15.9 Å². The number of aryl methyl sites for hydroxylation is 1. The molecule has 0 saturated heterocycles. The molecular weight excluding hydrogens is 322 g/mol. The number of para-hydroxylation sites is 1. The molecule has 2 heterocycles. The number of hydrogen-bond donors (Lipinski definition) is 0. The molecule has 6 nitrogen and oxygen atoms in total. The Kier molecular flexibility index (Phi) is 3.42. The smallest absolute Gasteiger partial charge is 0.342 e. The fraction of sp³-hybridized carbons (Fsp3) is 0.0769. The van der Waals surface area contributed by atoms with Gasteiger partial charge in [-0.3, -0.25) is 0 Å². The van der Waals surface area contributed by atoms with E-state index in [9.17, 15) is 0 Å². The van der Waals surface area contributed by atoms with Crippen LogP contribution in [0.5, 0.6) is 11.9 Å². The zero-order chi connectivity index (χ0) is 13.9. The fourth-order valence-corrected chi connectivity index (χ4v) is 2.10. The predicted molar refractivity (Wildman–Crippen MR) is 75.9 cm³/mol. The number of ether oxygens (including phenoxy) is 1. The lowest BCUT2D eigenvalue weighted by Crippen LogP contribution is -1.96. The highest BCUT2D eigenvalue weighted by Gasteiger charge is 2.07. The maximum atomic E-state index is 5.52. The van der Waals surface area contributed by atoms with Crippen LogP contribution in [-0.2, 0) is 0 Å². The van der Waals surface area contributed by atoms with E-state index in [1.54, 1.807) is 24.0 Å². The van der Waals surface area contributed by atoms with E-state index in [-0.39, 0.29) is 6.01 Å². The minimum atomic E-state index is 0.235. The van der Waals surface area contributed by atoms with Gasteiger partial charge in [0.15, 0.2) is 0 Å². The zero-order valence-electron chi connectivity index (χ0n) is 10.6. The second kappa shape index (κ2) is 5.38. The summed E-state index contributed by atoms with van der Waals surface area (Å²) >= 11 is 3.29. The van der Waals surface area contributed by atoms with E-state index in [2.05, 4.69) is 36.0 Å². The Bertz CT molecular complexity index is 708. The second-order valence-corrected chi connectivity index (χ2v) is 4.80. The van der Waals surface area contributed by atoms with E-state index in [1.807, 2.05) is 30.3 Å². The summed E-state index contributed by atoms with van der Waals surface area (Å²) < 4.78 is 7.81. The Morgan fingerprint density at radius 2 is 1.95 bits per heavy atom. The molecule has 1 aromatic carbocycles. The van der Waals surface area contributed by atoms with E-state index < -0.39 is 0 Å². The number of benzene rings is 1. The molecule has 0 fully saturated rings. The van der Waals surface area contributed by atoms with E-state index in [0.717, 1.165) is 5.69 Å². The summed E-state index contributed by atoms with van der Waals surface area (Å²) in [7, 11) is 0.